The number of anilines is 6. The highest BCUT2D eigenvalue weighted by atomic mass is 15.1. The maximum atomic E-state index is 2.42. The van der Waals surface area contributed by atoms with Crippen LogP contribution in [-0.4, -0.2) is 0 Å². The summed E-state index contributed by atoms with van der Waals surface area (Å²) >= 11 is 0. The van der Waals surface area contributed by atoms with Crippen LogP contribution < -0.4 is 9.80 Å². The number of benzene rings is 10. The minimum atomic E-state index is -0.529. The Labute approximate surface area is 370 Å². The number of fused-ring (bicyclic) bond motifs is 14. The molecule has 63 heavy (non-hydrogen) atoms. The molecule has 0 unspecified atom stereocenters. The summed E-state index contributed by atoms with van der Waals surface area (Å²) < 4.78 is 0. The van der Waals surface area contributed by atoms with Gasteiger partial charge < -0.3 is 9.80 Å². The largest absolute Gasteiger partial charge is 0.310 e. The van der Waals surface area contributed by atoms with Crippen molar-refractivity contribution in [3.63, 3.8) is 0 Å². The summed E-state index contributed by atoms with van der Waals surface area (Å²) in [6.07, 6.45) is 0. The molecule has 0 bridgehead atoms. The Balaban J connectivity index is 1.12. The van der Waals surface area contributed by atoms with Gasteiger partial charge in [-0.1, -0.05) is 146 Å². The highest BCUT2D eigenvalue weighted by molar-refractivity contribution is 6.10. The Morgan fingerprint density at radius 2 is 0.730 bits per heavy atom. The number of hydrogen-bond donors (Lipinski definition) is 0. The lowest BCUT2D eigenvalue weighted by Crippen LogP contribution is -2.26. The van der Waals surface area contributed by atoms with Gasteiger partial charge in [0.05, 0.1) is 5.41 Å². The second kappa shape index (κ2) is 14.2. The van der Waals surface area contributed by atoms with Gasteiger partial charge >= 0.3 is 0 Å². The molecule has 2 nitrogen and oxygen atoms in total. The molecular weight excluding hydrogens is 761 g/mol. The number of rotatable bonds is 6. The Hall–Kier alpha value is -7.68. The summed E-state index contributed by atoms with van der Waals surface area (Å²) in [7, 11) is 0. The van der Waals surface area contributed by atoms with E-state index in [1.165, 1.54) is 99.7 Å². The monoisotopic (exact) mass is 806 g/mol. The molecule has 0 aliphatic heterocycles. The van der Waals surface area contributed by atoms with Crippen LogP contribution in [0, 0.1) is 27.7 Å². The maximum absolute atomic E-state index is 2.42. The molecule has 0 heterocycles. The third kappa shape index (κ3) is 5.51. The fraction of sp³-hybridized carbons (Fsp3) is 0.0820. The lowest BCUT2D eigenvalue weighted by molar-refractivity contribution is 0.809. The molecule has 0 saturated heterocycles. The van der Waals surface area contributed by atoms with Gasteiger partial charge in [0.25, 0.3) is 0 Å². The van der Waals surface area contributed by atoms with Crippen LogP contribution in [0.2, 0.25) is 0 Å². The van der Waals surface area contributed by atoms with Crippen molar-refractivity contribution in [2.45, 2.75) is 33.1 Å². The molecule has 0 radical (unpaired) electrons. The molecule has 2 heteroatoms. The van der Waals surface area contributed by atoms with Crippen LogP contribution in [0.3, 0.4) is 0 Å². The van der Waals surface area contributed by atoms with Crippen LogP contribution in [0.25, 0.3) is 43.8 Å². The van der Waals surface area contributed by atoms with E-state index < -0.39 is 5.41 Å². The fourth-order valence-electron chi connectivity index (χ4n) is 11.0. The van der Waals surface area contributed by atoms with Crippen LogP contribution in [0.5, 0.6) is 0 Å². The highest BCUT2D eigenvalue weighted by Gasteiger charge is 2.53. The van der Waals surface area contributed by atoms with Crippen molar-refractivity contribution in [1.29, 1.82) is 0 Å². The van der Waals surface area contributed by atoms with Gasteiger partial charge in [0.1, 0.15) is 0 Å². The van der Waals surface area contributed by atoms with Crippen LogP contribution in [0.15, 0.2) is 206 Å². The molecule has 0 fully saturated rings. The topological polar surface area (TPSA) is 6.48 Å². The summed E-state index contributed by atoms with van der Waals surface area (Å²) in [4.78, 5) is 4.84. The second-order valence-corrected chi connectivity index (χ2v) is 17.6. The fourth-order valence-corrected chi connectivity index (χ4v) is 11.0. The molecule has 0 saturated carbocycles. The third-order valence-electron chi connectivity index (χ3n) is 13.8. The number of para-hydroxylation sites is 2. The highest BCUT2D eigenvalue weighted by Crippen LogP contribution is 2.65. The van der Waals surface area contributed by atoms with E-state index >= 15 is 0 Å². The maximum Gasteiger partial charge on any atom is 0.0737 e. The van der Waals surface area contributed by atoms with Gasteiger partial charge in [-0.15, -0.1) is 0 Å². The normalized spacial score (nSPS) is 12.9. The molecular formula is C61H46N2. The number of nitrogens with zero attached hydrogens (tertiary/aromatic N) is 2. The van der Waals surface area contributed by atoms with Crippen molar-refractivity contribution < 1.29 is 0 Å². The van der Waals surface area contributed by atoms with Crippen molar-refractivity contribution in [1.82, 2.24) is 0 Å². The minimum absolute atomic E-state index is 0.529. The van der Waals surface area contributed by atoms with Crippen LogP contribution in [0.1, 0.15) is 44.5 Å². The smallest absolute Gasteiger partial charge is 0.0737 e. The van der Waals surface area contributed by atoms with Crippen molar-refractivity contribution >= 4 is 55.7 Å². The Kier molecular flexibility index (Phi) is 8.36. The molecule has 10 aromatic carbocycles. The summed E-state index contributed by atoms with van der Waals surface area (Å²) in [6.45, 7) is 8.79. The molecule has 0 N–H and O–H groups in total. The van der Waals surface area contributed by atoms with Gasteiger partial charge in [0.15, 0.2) is 0 Å². The van der Waals surface area contributed by atoms with Crippen molar-refractivity contribution in [3.05, 3.63) is 251 Å². The zero-order valence-corrected chi connectivity index (χ0v) is 36.0. The SMILES string of the molecule is Cc1ccc(C)c(N(c2ccccc2)c2ccc3c4c(ccc3c2)-c2ccc3cc(N(c5ccccc5)c5cc(C)ccc5C)ccc3c2C42c3ccccc3-c3ccccc32)c1. The molecule has 0 amide bonds. The van der Waals surface area contributed by atoms with Gasteiger partial charge in [-0.3, -0.25) is 0 Å². The van der Waals surface area contributed by atoms with E-state index in [1.807, 2.05) is 0 Å². The predicted molar refractivity (Wildman–Crippen MR) is 266 cm³/mol. The third-order valence-corrected chi connectivity index (χ3v) is 13.8. The standard InChI is InChI=1S/C61H46N2/c1-39-23-25-41(3)57(35-39)62(45-15-7-5-8-16-45)47-29-33-49-43(37-47)27-31-53-54-32-28-44-38-48(63(46-17-9-6-10-18-46)58-36-40(2)24-26-42(58)4)30-34-50(44)60(54)61(59(49)53)55-21-13-11-19-51(55)52-20-12-14-22-56(52)61/h5-38H,1-4H3. The van der Waals surface area contributed by atoms with Gasteiger partial charge in [-0.05, 0) is 177 Å². The first-order valence-electron chi connectivity index (χ1n) is 22.1. The number of hydrogen-bond acceptors (Lipinski definition) is 2. The van der Waals surface area contributed by atoms with Gasteiger partial charge in [-0.2, -0.15) is 0 Å². The van der Waals surface area contributed by atoms with Crippen LogP contribution in [0.4, 0.5) is 34.1 Å². The van der Waals surface area contributed by atoms with Crippen molar-refractivity contribution in [3.8, 4) is 22.3 Å². The average Bonchev–Trinajstić information content (AvgIpc) is 3.79. The lowest BCUT2D eigenvalue weighted by Gasteiger charge is -2.33. The van der Waals surface area contributed by atoms with Crippen molar-refractivity contribution in [2.75, 3.05) is 9.80 Å². The molecule has 12 rings (SSSR count). The van der Waals surface area contributed by atoms with Gasteiger partial charge in [0, 0.05) is 34.1 Å². The number of aryl methyl sites for hydroxylation is 4. The molecule has 0 aromatic heterocycles. The zero-order valence-electron chi connectivity index (χ0n) is 36.0. The molecule has 300 valence electrons. The van der Waals surface area contributed by atoms with E-state index in [0.717, 1.165) is 22.7 Å². The first-order valence-corrected chi connectivity index (χ1v) is 22.1. The molecule has 2 aliphatic rings. The summed E-state index contributed by atoms with van der Waals surface area (Å²) in [5, 5.41) is 5.01. The van der Waals surface area contributed by atoms with E-state index in [1.54, 1.807) is 0 Å². The molecule has 0 atom stereocenters. The van der Waals surface area contributed by atoms with Crippen LogP contribution in [-0.2, 0) is 5.41 Å². The summed E-state index contributed by atoms with van der Waals surface area (Å²) in [5.74, 6) is 0. The molecule has 1 spiro atoms. The molecule has 2 aliphatic carbocycles. The Bertz CT molecular complexity index is 3220. The second-order valence-electron chi connectivity index (χ2n) is 17.6. The average molecular weight is 807 g/mol. The van der Waals surface area contributed by atoms with E-state index in [-0.39, 0.29) is 0 Å². The quantitative estimate of drug-likeness (QED) is 0.165. The molecule has 10 aromatic rings. The summed E-state index contributed by atoms with van der Waals surface area (Å²) in [6, 6.07) is 77.2. The Morgan fingerprint density at radius 3 is 1.17 bits per heavy atom. The first-order chi connectivity index (χ1) is 30.9. The van der Waals surface area contributed by atoms with E-state index in [4.69, 9.17) is 0 Å². The zero-order chi connectivity index (χ0) is 42.4. The summed E-state index contributed by atoms with van der Waals surface area (Å²) in [5.41, 5.74) is 22.1. The van der Waals surface area contributed by atoms with Gasteiger partial charge in [-0.25, -0.2) is 0 Å². The van der Waals surface area contributed by atoms with Crippen molar-refractivity contribution in [2.24, 2.45) is 0 Å². The minimum Gasteiger partial charge on any atom is -0.310 e. The first kappa shape index (κ1) is 37.1. The van der Waals surface area contributed by atoms with E-state index in [0.29, 0.717) is 0 Å². The van der Waals surface area contributed by atoms with Gasteiger partial charge in [0.2, 0.25) is 0 Å². The Morgan fingerprint density at radius 1 is 0.317 bits per heavy atom. The lowest BCUT2D eigenvalue weighted by atomic mass is 9.68. The van der Waals surface area contributed by atoms with Crippen LogP contribution >= 0.6 is 0 Å². The predicted octanol–water partition coefficient (Wildman–Crippen LogP) is 16.5. The van der Waals surface area contributed by atoms with E-state index in [2.05, 4.69) is 244 Å². The van der Waals surface area contributed by atoms with E-state index in [9.17, 15) is 0 Å².